The maximum Gasteiger partial charge on any atom is 0.319 e. The number of nitrogens with zero attached hydrogens (tertiary/aromatic N) is 5. The fourth-order valence-corrected chi connectivity index (χ4v) is 4.79. The van der Waals surface area contributed by atoms with Crippen LogP contribution in [0.3, 0.4) is 0 Å². The van der Waals surface area contributed by atoms with E-state index in [-0.39, 0.29) is 16.9 Å². The number of carbonyl (C=O) groups is 1. The van der Waals surface area contributed by atoms with E-state index in [1.807, 2.05) is 20.8 Å². The molecule has 0 radical (unpaired) electrons. The van der Waals surface area contributed by atoms with Crippen molar-refractivity contribution in [3.63, 3.8) is 0 Å². The Hall–Kier alpha value is -3.15. The Bertz CT molecular complexity index is 1030. The first-order chi connectivity index (χ1) is 15.1. The highest BCUT2D eigenvalue weighted by Crippen LogP contribution is 2.52. The van der Waals surface area contributed by atoms with Crippen molar-refractivity contribution in [2.45, 2.75) is 77.4 Å². The highest BCUT2D eigenvalue weighted by Gasteiger charge is 2.49. The van der Waals surface area contributed by atoms with Crippen LogP contribution < -0.4 is 15.4 Å². The van der Waals surface area contributed by atoms with Crippen LogP contribution in [0.15, 0.2) is 18.5 Å². The molecule has 2 bridgehead atoms. The van der Waals surface area contributed by atoms with E-state index in [9.17, 15) is 4.79 Å². The van der Waals surface area contributed by atoms with Crippen LogP contribution in [0.1, 0.15) is 65.0 Å². The van der Waals surface area contributed by atoms with Gasteiger partial charge in [0.05, 0.1) is 24.2 Å². The van der Waals surface area contributed by atoms with Gasteiger partial charge in [0.2, 0.25) is 17.7 Å². The number of anilines is 2. The molecule has 3 fully saturated rings. The third kappa shape index (κ3) is 4.40. The van der Waals surface area contributed by atoms with Crippen LogP contribution >= 0.6 is 0 Å². The molecule has 9 heteroatoms. The fraction of sp³-hybridized carbons (Fsp3) is 0.609. The average molecular weight is 438 g/mol. The Morgan fingerprint density at radius 3 is 2.59 bits per heavy atom. The van der Waals surface area contributed by atoms with E-state index < -0.39 is 5.66 Å². The Labute approximate surface area is 188 Å². The smallest absolute Gasteiger partial charge is 0.319 e. The Morgan fingerprint density at radius 2 is 1.97 bits per heavy atom. The van der Waals surface area contributed by atoms with Crippen molar-refractivity contribution in [1.29, 1.82) is 0 Å². The van der Waals surface area contributed by atoms with E-state index in [1.165, 1.54) is 0 Å². The zero-order valence-corrected chi connectivity index (χ0v) is 19.2. The SMILES string of the molecule is [C-]#[N+]C(C)(C)n1cc(Nc2nccc(OCC34CCC(NC(C)=O)(CC3)CC4)n2)c(C)n1. The van der Waals surface area contributed by atoms with E-state index in [1.54, 1.807) is 30.1 Å². The molecule has 1 amide bonds. The quantitative estimate of drug-likeness (QED) is 0.637. The van der Waals surface area contributed by atoms with Gasteiger partial charge in [-0.25, -0.2) is 11.6 Å². The number of amides is 1. The highest BCUT2D eigenvalue weighted by molar-refractivity contribution is 5.73. The minimum atomic E-state index is -0.757. The van der Waals surface area contributed by atoms with Crippen molar-refractivity contribution < 1.29 is 9.53 Å². The largest absolute Gasteiger partial charge is 0.477 e. The zero-order chi connectivity index (χ0) is 23.0. The van der Waals surface area contributed by atoms with Gasteiger partial charge in [-0.1, -0.05) is 0 Å². The molecular formula is C23H31N7O2. The van der Waals surface area contributed by atoms with E-state index >= 15 is 0 Å². The predicted molar refractivity (Wildman–Crippen MR) is 120 cm³/mol. The van der Waals surface area contributed by atoms with Gasteiger partial charge >= 0.3 is 5.66 Å². The molecule has 0 saturated heterocycles. The number of carbonyl (C=O) groups excluding carboxylic acids is 1. The predicted octanol–water partition coefficient (Wildman–Crippen LogP) is 3.94. The maximum atomic E-state index is 11.6. The van der Waals surface area contributed by atoms with Crippen LogP contribution in [0.5, 0.6) is 5.88 Å². The third-order valence-corrected chi connectivity index (χ3v) is 6.98. The molecule has 0 aromatic carbocycles. The molecule has 0 spiro atoms. The Kier molecular flexibility index (Phi) is 5.57. The lowest BCUT2D eigenvalue weighted by Gasteiger charge is -2.53. The molecule has 3 aliphatic rings. The number of ether oxygens (including phenoxy) is 1. The molecule has 0 atom stereocenters. The van der Waals surface area contributed by atoms with Gasteiger partial charge in [0.1, 0.15) is 0 Å². The van der Waals surface area contributed by atoms with Crippen molar-refractivity contribution in [3.05, 3.63) is 35.6 Å². The third-order valence-electron chi connectivity index (χ3n) is 6.98. The van der Waals surface area contributed by atoms with Gasteiger partial charge in [-0.05, 0) is 45.4 Å². The van der Waals surface area contributed by atoms with Gasteiger partial charge in [-0.3, -0.25) is 9.64 Å². The molecule has 32 heavy (non-hydrogen) atoms. The van der Waals surface area contributed by atoms with Crippen LogP contribution in [0.4, 0.5) is 11.6 Å². The van der Waals surface area contributed by atoms with Crippen LogP contribution in [-0.4, -0.2) is 37.8 Å². The topological polar surface area (TPSA) is 98.3 Å². The maximum absolute atomic E-state index is 11.6. The average Bonchev–Trinajstić information content (AvgIpc) is 3.14. The lowest BCUT2D eigenvalue weighted by Crippen LogP contribution is -2.57. The molecule has 170 valence electrons. The molecule has 3 saturated carbocycles. The zero-order valence-electron chi connectivity index (χ0n) is 19.2. The number of fused-ring (bicyclic) bond motifs is 3. The van der Waals surface area contributed by atoms with Crippen LogP contribution in [0.2, 0.25) is 0 Å². The molecule has 2 aromatic heterocycles. The molecule has 9 nitrogen and oxygen atoms in total. The number of rotatable bonds is 7. The van der Waals surface area contributed by atoms with E-state index in [2.05, 4.69) is 30.5 Å². The molecule has 3 aliphatic carbocycles. The summed E-state index contributed by atoms with van der Waals surface area (Å²) in [6, 6.07) is 1.77. The monoisotopic (exact) mass is 437 g/mol. The van der Waals surface area contributed by atoms with Gasteiger partial charge in [0, 0.05) is 44.0 Å². The minimum Gasteiger partial charge on any atom is -0.477 e. The van der Waals surface area contributed by atoms with Crippen molar-refractivity contribution >= 4 is 17.5 Å². The summed E-state index contributed by atoms with van der Waals surface area (Å²) in [5.41, 5.74) is 0.910. The lowest BCUT2D eigenvalue weighted by atomic mass is 9.57. The molecule has 2 N–H and O–H groups in total. The van der Waals surface area contributed by atoms with Crippen molar-refractivity contribution in [2.24, 2.45) is 5.41 Å². The molecular weight excluding hydrogens is 406 g/mol. The molecule has 0 unspecified atom stereocenters. The highest BCUT2D eigenvalue weighted by atomic mass is 16.5. The minimum absolute atomic E-state index is 0.0102. The summed E-state index contributed by atoms with van der Waals surface area (Å²) in [6.07, 6.45) is 9.67. The number of aryl methyl sites for hydroxylation is 1. The summed E-state index contributed by atoms with van der Waals surface area (Å²) < 4.78 is 7.77. The van der Waals surface area contributed by atoms with Crippen LogP contribution in [-0.2, 0) is 10.5 Å². The van der Waals surface area contributed by atoms with E-state index in [0.29, 0.717) is 18.4 Å². The van der Waals surface area contributed by atoms with Crippen LogP contribution in [0.25, 0.3) is 4.85 Å². The van der Waals surface area contributed by atoms with Gasteiger partial charge < -0.3 is 15.4 Å². The second-order valence-corrected chi connectivity index (χ2v) is 9.77. The van der Waals surface area contributed by atoms with Gasteiger partial charge in [-0.2, -0.15) is 14.8 Å². The number of nitrogens with one attached hydrogen (secondary N) is 2. The van der Waals surface area contributed by atoms with Gasteiger partial charge in [-0.15, -0.1) is 0 Å². The van der Waals surface area contributed by atoms with Crippen molar-refractivity contribution in [1.82, 2.24) is 25.1 Å². The summed E-state index contributed by atoms with van der Waals surface area (Å²) in [6.45, 7) is 15.1. The summed E-state index contributed by atoms with van der Waals surface area (Å²) in [5, 5.41) is 10.8. The summed E-state index contributed by atoms with van der Waals surface area (Å²) in [7, 11) is 0. The van der Waals surface area contributed by atoms with E-state index in [0.717, 1.165) is 49.9 Å². The Morgan fingerprint density at radius 1 is 1.28 bits per heavy atom. The van der Waals surface area contributed by atoms with Gasteiger partial charge in [0.15, 0.2) is 0 Å². The fourth-order valence-electron chi connectivity index (χ4n) is 4.79. The second kappa shape index (κ2) is 8.08. The summed E-state index contributed by atoms with van der Waals surface area (Å²) >= 11 is 0. The number of hydrogen-bond donors (Lipinski definition) is 2. The molecule has 2 heterocycles. The molecule has 2 aromatic rings. The first kappa shape index (κ1) is 22.1. The summed E-state index contributed by atoms with van der Waals surface area (Å²) in [4.78, 5) is 24.0. The number of hydrogen-bond acceptors (Lipinski definition) is 6. The second-order valence-electron chi connectivity index (χ2n) is 9.77. The first-order valence-electron chi connectivity index (χ1n) is 11.1. The normalized spacial score (nSPS) is 24.6. The van der Waals surface area contributed by atoms with Gasteiger partial charge in [0.25, 0.3) is 0 Å². The van der Waals surface area contributed by atoms with Crippen LogP contribution in [0, 0.1) is 18.9 Å². The van der Waals surface area contributed by atoms with E-state index in [4.69, 9.17) is 11.3 Å². The molecule has 0 aliphatic heterocycles. The van der Waals surface area contributed by atoms with Crippen molar-refractivity contribution in [2.75, 3.05) is 11.9 Å². The van der Waals surface area contributed by atoms with Crippen molar-refractivity contribution in [3.8, 4) is 5.88 Å². The lowest BCUT2D eigenvalue weighted by molar-refractivity contribution is -0.123. The molecule has 5 rings (SSSR count). The number of aromatic nitrogens is 4. The first-order valence-corrected chi connectivity index (χ1v) is 11.1. The summed E-state index contributed by atoms with van der Waals surface area (Å²) in [5.74, 6) is 1.03. The Balaban J connectivity index is 1.39. The standard InChI is InChI=1S/C23H31N7O2/c1-16-18(14-30(29-16)21(3,4)24-5)26-20-25-13-6-19(27-20)32-15-22-7-10-23(11-8-22,12-9-22)28-17(2)31/h6,13-14H,7-12,15H2,1-4H3,(H,28,31)(H,25,26,27).